The van der Waals surface area contributed by atoms with E-state index in [1.807, 2.05) is 62.4 Å². The average Bonchev–Trinajstić information content (AvgIpc) is 2.50. The lowest BCUT2D eigenvalue weighted by molar-refractivity contribution is -0.115. The minimum absolute atomic E-state index is 0.0370. The standard InChI is InChI=1S/C17H19NO2S/c1-12-8-10-14(11-9-12)21-13(2)17(19)18-15-6-4-5-7-16(15)20-3/h4-11,13H,1-3H3,(H,18,19)/t13-/m1/s1. The Morgan fingerprint density at radius 1 is 1.14 bits per heavy atom. The fraction of sp³-hybridized carbons (Fsp3) is 0.235. The maximum atomic E-state index is 12.3. The van der Waals surface area contributed by atoms with Crippen molar-refractivity contribution in [1.29, 1.82) is 0 Å². The van der Waals surface area contributed by atoms with Crippen LogP contribution < -0.4 is 10.1 Å². The summed E-state index contributed by atoms with van der Waals surface area (Å²) in [6.45, 7) is 3.95. The van der Waals surface area contributed by atoms with Gasteiger partial charge in [-0.2, -0.15) is 0 Å². The van der Waals surface area contributed by atoms with Gasteiger partial charge >= 0.3 is 0 Å². The number of amides is 1. The predicted molar refractivity (Wildman–Crippen MR) is 88.1 cm³/mol. The summed E-state index contributed by atoms with van der Waals surface area (Å²) in [7, 11) is 1.59. The van der Waals surface area contributed by atoms with Gasteiger partial charge in [0.05, 0.1) is 18.0 Å². The quantitative estimate of drug-likeness (QED) is 0.844. The zero-order valence-electron chi connectivity index (χ0n) is 12.4. The molecule has 0 unspecified atom stereocenters. The molecular formula is C17H19NO2S. The van der Waals surface area contributed by atoms with Crippen LogP contribution in [-0.4, -0.2) is 18.3 Å². The van der Waals surface area contributed by atoms with Gasteiger partial charge in [-0.05, 0) is 38.1 Å². The van der Waals surface area contributed by atoms with Crippen molar-refractivity contribution in [3.05, 3.63) is 54.1 Å². The molecule has 0 aromatic heterocycles. The van der Waals surface area contributed by atoms with Crippen molar-refractivity contribution in [2.45, 2.75) is 24.0 Å². The summed E-state index contributed by atoms with van der Waals surface area (Å²) in [5, 5.41) is 2.73. The number of thioether (sulfide) groups is 1. The van der Waals surface area contributed by atoms with Crippen LogP contribution in [-0.2, 0) is 4.79 Å². The smallest absolute Gasteiger partial charge is 0.237 e. The van der Waals surface area contributed by atoms with Crippen LogP contribution in [0.4, 0.5) is 5.69 Å². The molecule has 1 N–H and O–H groups in total. The molecule has 0 aliphatic rings. The van der Waals surface area contributed by atoms with E-state index in [0.29, 0.717) is 11.4 Å². The molecule has 0 saturated carbocycles. The minimum atomic E-state index is -0.183. The Morgan fingerprint density at radius 3 is 2.48 bits per heavy atom. The number of ether oxygens (including phenoxy) is 1. The third-order valence-corrected chi connectivity index (χ3v) is 4.18. The van der Waals surface area contributed by atoms with E-state index in [0.717, 1.165) is 4.90 Å². The lowest BCUT2D eigenvalue weighted by atomic mass is 10.2. The molecule has 2 aromatic rings. The van der Waals surface area contributed by atoms with Crippen LogP contribution in [0.1, 0.15) is 12.5 Å². The Morgan fingerprint density at radius 2 is 1.81 bits per heavy atom. The highest BCUT2D eigenvalue weighted by molar-refractivity contribution is 8.00. The van der Waals surface area contributed by atoms with Crippen LogP contribution >= 0.6 is 11.8 Å². The summed E-state index contributed by atoms with van der Waals surface area (Å²) in [4.78, 5) is 13.4. The minimum Gasteiger partial charge on any atom is -0.495 e. The van der Waals surface area contributed by atoms with Crippen molar-refractivity contribution in [3.63, 3.8) is 0 Å². The van der Waals surface area contributed by atoms with Gasteiger partial charge in [-0.1, -0.05) is 29.8 Å². The van der Waals surface area contributed by atoms with Gasteiger partial charge in [0.1, 0.15) is 5.75 Å². The van der Waals surface area contributed by atoms with Crippen LogP contribution in [0, 0.1) is 6.92 Å². The van der Waals surface area contributed by atoms with Crippen molar-refractivity contribution in [2.24, 2.45) is 0 Å². The summed E-state index contributed by atoms with van der Waals surface area (Å²) in [5.74, 6) is 0.628. The monoisotopic (exact) mass is 301 g/mol. The molecule has 0 aliphatic carbocycles. The number of anilines is 1. The first-order valence-electron chi connectivity index (χ1n) is 6.77. The van der Waals surface area contributed by atoms with E-state index in [1.54, 1.807) is 18.9 Å². The zero-order valence-corrected chi connectivity index (χ0v) is 13.2. The first kappa shape index (κ1) is 15.4. The van der Waals surface area contributed by atoms with E-state index >= 15 is 0 Å². The molecular weight excluding hydrogens is 282 g/mol. The molecule has 0 heterocycles. The number of benzene rings is 2. The Labute approximate surface area is 129 Å². The van der Waals surface area contributed by atoms with E-state index in [-0.39, 0.29) is 11.2 Å². The Balaban J connectivity index is 2.01. The summed E-state index contributed by atoms with van der Waals surface area (Å²) >= 11 is 1.54. The molecule has 1 atom stereocenters. The van der Waals surface area contributed by atoms with E-state index < -0.39 is 0 Å². The summed E-state index contributed by atoms with van der Waals surface area (Å²) in [6.07, 6.45) is 0. The number of methoxy groups -OCH3 is 1. The van der Waals surface area contributed by atoms with Gasteiger partial charge in [-0.25, -0.2) is 0 Å². The van der Waals surface area contributed by atoms with Crippen molar-refractivity contribution in [3.8, 4) is 5.75 Å². The van der Waals surface area contributed by atoms with Gasteiger partial charge in [0.25, 0.3) is 0 Å². The highest BCUT2D eigenvalue weighted by atomic mass is 32.2. The topological polar surface area (TPSA) is 38.3 Å². The summed E-state index contributed by atoms with van der Waals surface area (Å²) in [6, 6.07) is 15.6. The lowest BCUT2D eigenvalue weighted by Crippen LogP contribution is -2.22. The first-order valence-corrected chi connectivity index (χ1v) is 7.65. The summed E-state index contributed by atoms with van der Waals surface area (Å²) < 4.78 is 5.24. The highest BCUT2D eigenvalue weighted by Gasteiger charge is 2.16. The Bertz CT molecular complexity index is 610. The summed E-state index contributed by atoms with van der Waals surface area (Å²) in [5.41, 5.74) is 1.91. The molecule has 2 aromatic carbocycles. The molecule has 0 saturated heterocycles. The number of carbonyl (C=O) groups is 1. The second kappa shape index (κ2) is 7.18. The van der Waals surface area contributed by atoms with Crippen LogP contribution in [0.25, 0.3) is 0 Å². The Hall–Kier alpha value is -1.94. The van der Waals surface area contributed by atoms with Crippen LogP contribution in [0.2, 0.25) is 0 Å². The number of rotatable bonds is 5. The largest absolute Gasteiger partial charge is 0.495 e. The normalized spacial score (nSPS) is 11.8. The maximum absolute atomic E-state index is 12.3. The number of hydrogen-bond acceptors (Lipinski definition) is 3. The molecule has 0 fully saturated rings. The van der Waals surface area contributed by atoms with Gasteiger partial charge in [0.15, 0.2) is 0 Å². The number of hydrogen-bond donors (Lipinski definition) is 1. The van der Waals surface area contributed by atoms with Gasteiger partial charge < -0.3 is 10.1 Å². The van der Waals surface area contributed by atoms with E-state index in [2.05, 4.69) is 5.32 Å². The van der Waals surface area contributed by atoms with Gasteiger partial charge in [0, 0.05) is 4.90 Å². The second-order valence-electron chi connectivity index (χ2n) is 4.76. The van der Waals surface area contributed by atoms with Gasteiger partial charge in [-0.15, -0.1) is 11.8 Å². The van der Waals surface area contributed by atoms with Gasteiger partial charge in [0.2, 0.25) is 5.91 Å². The molecule has 3 nitrogen and oxygen atoms in total. The molecule has 0 bridgehead atoms. The van der Waals surface area contributed by atoms with Gasteiger partial charge in [-0.3, -0.25) is 4.79 Å². The molecule has 1 amide bonds. The molecule has 21 heavy (non-hydrogen) atoms. The SMILES string of the molecule is COc1ccccc1NC(=O)[C@@H](C)Sc1ccc(C)cc1. The number of carbonyl (C=O) groups excluding carboxylic acids is 1. The van der Waals surface area contributed by atoms with Crippen molar-refractivity contribution in [2.75, 3.05) is 12.4 Å². The maximum Gasteiger partial charge on any atom is 0.237 e. The van der Waals surface area contributed by atoms with Crippen molar-refractivity contribution < 1.29 is 9.53 Å². The molecule has 110 valence electrons. The number of aryl methyl sites for hydroxylation is 1. The lowest BCUT2D eigenvalue weighted by Gasteiger charge is -2.14. The van der Waals surface area contributed by atoms with Crippen LogP contribution in [0.5, 0.6) is 5.75 Å². The third kappa shape index (κ3) is 4.26. The highest BCUT2D eigenvalue weighted by Crippen LogP contribution is 2.27. The van der Waals surface area contributed by atoms with E-state index in [4.69, 9.17) is 4.74 Å². The Kier molecular flexibility index (Phi) is 5.28. The third-order valence-electron chi connectivity index (χ3n) is 3.07. The van der Waals surface area contributed by atoms with E-state index in [1.165, 1.54) is 5.56 Å². The van der Waals surface area contributed by atoms with Crippen LogP contribution in [0.3, 0.4) is 0 Å². The molecule has 4 heteroatoms. The fourth-order valence-corrected chi connectivity index (χ4v) is 2.72. The molecule has 0 aliphatic heterocycles. The van der Waals surface area contributed by atoms with Crippen molar-refractivity contribution >= 4 is 23.4 Å². The second-order valence-corrected chi connectivity index (χ2v) is 6.18. The number of nitrogens with one attached hydrogen (secondary N) is 1. The first-order chi connectivity index (χ1) is 10.1. The fourth-order valence-electron chi connectivity index (χ4n) is 1.86. The zero-order chi connectivity index (χ0) is 15.2. The molecule has 2 rings (SSSR count). The van der Waals surface area contributed by atoms with Crippen LogP contribution in [0.15, 0.2) is 53.4 Å². The molecule has 0 spiro atoms. The van der Waals surface area contributed by atoms with E-state index in [9.17, 15) is 4.79 Å². The number of para-hydroxylation sites is 2. The van der Waals surface area contributed by atoms with Crippen molar-refractivity contribution in [1.82, 2.24) is 0 Å². The predicted octanol–water partition coefficient (Wildman–Crippen LogP) is 4.12. The molecule has 0 radical (unpaired) electrons. The average molecular weight is 301 g/mol.